The Labute approximate surface area is 162 Å². The molecule has 1 aliphatic rings. The highest BCUT2D eigenvalue weighted by Gasteiger charge is 2.32. The van der Waals surface area contributed by atoms with Crippen LogP contribution in [0.2, 0.25) is 0 Å². The maximum absolute atomic E-state index is 13.0. The summed E-state index contributed by atoms with van der Waals surface area (Å²) in [7, 11) is 1.97. The van der Waals surface area contributed by atoms with E-state index < -0.39 is 0 Å². The van der Waals surface area contributed by atoms with E-state index in [2.05, 4.69) is 11.5 Å². The fraction of sp³-hybridized carbons (Fsp3) is 0.286. The second-order valence-corrected chi connectivity index (χ2v) is 8.01. The molecule has 138 valence electrons. The SMILES string of the molecule is CCSc1ccc2c3c(cccc13)C(=O)N(CCCn1cc[n+](C)c1)C2=O. The first-order chi connectivity index (χ1) is 13.1. The molecule has 27 heavy (non-hydrogen) atoms. The second-order valence-electron chi connectivity index (χ2n) is 6.70. The highest BCUT2D eigenvalue weighted by atomic mass is 32.2. The summed E-state index contributed by atoms with van der Waals surface area (Å²) in [5.41, 5.74) is 1.26. The molecule has 5 nitrogen and oxygen atoms in total. The van der Waals surface area contributed by atoms with Crippen LogP contribution in [0.3, 0.4) is 0 Å². The number of benzene rings is 2. The fourth-order valence-corrected chi connectivity index (χ4v) is 4.45. The van der Waals surface area contributed by atoms with Gasteiger partial charge >= 0.3 is 0 Å². The van der Waals surface area contributed by atoms with E-state index >= 15 is 0 Å². The molecule has 3 aromatic rings. The number of hydrogen-bond acceptors (Lipinski definition) is 3. The van der Waals surface area contributed by atoms with Crippen molar-refractivity contribution in [3.63, 3.8) is 0 Å². The minimum atomic E-state index is -0.185. The molecule has 0 saturated heterocycles. The number of carbonyl (C=O) groups excluding carboxylic acids is 2. The molecular formula is C21H22N3O2S+. The summed E-state index contributed by atoms with van der Waals surface area (Å²) in [4.78, 5) is 28.5. The Hall–Kier alpha value is -2.60. The van der Waals surface area contributed by atoms with Crippen LogP contribution in [0, 0.1) is 0 Å². The van der Waals surface area contributed by atoms with E-state index in [1.54, 1.807) is 11.8 Å². The van der Waals surface area contributed by atoms with E-state index in [1.807, 2.05) is 60.7 Å². The van der Waals surface area contributed by atoms with Gasteiger partial charge in [-0.1, -0.05) is 19.1 Å². The Morgan fingerprint density at radius 3 is 2.52 bits per heavy atom. The molecule has 0 spiro atoms. The Morgan fingerprint density at radius 1 is 1.04 bits per heavy atom. The molecule has 0 atom stereocenters. The molecule has 0 saturated carbocycles. The van der Waals surface area contributed by atoms with E-state index in [0.717, 1.165) is 34.4 Å². The van der Waals surface area contributed by atoms with E-state index in [0.29, 0.717) is 17.7 Å². The number of nitrogens with zero attached hydrogens (tertiary/aromatic N) is 3. The van der Waals surface area contributed by atoms with Gasteiger partial charge in [0.2, 0.25) is 6.33 Å². The smallest absolute Gasteiger partial charge is 0.261 e. The number of imide groups is 1. The molecule has 1 aromatic heterocycles. The van der Waals surface area contributed by atoms with Crippen molar-refractivity contribution in [1.82, 2.24) is 9.47 Å². The van der Waals surface area contributed by atoms with Gasteiger partial charge in [-0.3, -0.25) is 14.5 Å². The maximum Gasteiger partial charge on any atom is 0.261 e. The summed E-state index contributed by atoms with van der Waals surface area (Å²) in [5, 5.41) is 1.80. The van der Waals surface area contributed by atoms with Crippen LogP contribution in [0.15, 0.2) is 53.9 Å². The van der Waals surface area contributed by atoms with Gasteiger partial charge < -0.3 is 0 Å². The molecule has 0 unspecified atom stereocenters. The largest absolute Gasteiger partial charge is 0.274 e. The molecule has 2 aromatic carbocycles. The first-order valence-corrected chi connectivity index (χ1v) is 10.1. The van der Waals surface area contributed by atoms with Gasteiger partial charge in [0.25, 0.3) is 11.8 Å². The summed E-state index contributed by atoms with van der Waals surface area (Å²) in [6.07, 6.45) is 6.67. The van der Waals surface area contributed by atoms with Gasteiger partial charge in [-0.2, -0.15) is 0 Å². The second kappa shape index (κ2) is 7.19. The molecule has 2 amide bonds. The van der Waals surface area contributed by atoms with E-state index in [4.69, 9.17) is 0 Å². The zero-order valence-electron chi connectivity index (χ0n) is 15.5. The van der Waals surface area contributed by atoms with Gasteiger partial charge in [0.1, 0.15) is 12.4 Å². The number of hydrogen-bond donors (Lipinski definition) is 0. The molecule has 1 aliphatic heterocycles. The maximum atomic E-state index is 13.0. The average Bonchev–Trinajstić information content (AvgIpc) is 3.08. The molecule has 0 N–H and O–H groups in total. The normalized spacial score (nSPS) is 13.6. The molecule has 6 heteroatoms. The third kappa shape index (κ3) is 3.14. The minimum Gasteiger partial charge on any atom is -0.274 e. The quantitative estimate of drug-likeness (QED) is 0.375. The zero-order valence-corrected chi connectivity index (χ0v) is 16.3. The monoisotopic (exact) mass is 380 g/mol. The van der Waals surface area contributed by atoms with Crippen LogP contribution in [-0.2, 0) is 13.6 Å². The van der Waals surface area contributed by atoms with Crippen LogP contribution in [0.25, 0.3) is 10.8 Å². The van der Waals surface area contributed by atoms with Crippen molar-refractivity contribution in [1.29, 1.82) is 0 Å². The van der Waals surface area contributed by atoms with Gasteiger partial charge in [-0.25, -0.2) is 9.13 Å². The van der Waals surface area contributed by atoms with Crippen LogP contribution in [-0.4, -0.2) is 33.6 Å². The molecule has 0 bridgehead atoms. The predicted molar refractivity (Wildman–Crippen MR) is 106 cm³/mol. The highest BCUT2D eigenvalue weighted by molar-refractivity contribution is 7.99. The molecule has 4 rings (SSSR count). The van der Waals surface area contributed by atoms with Crippen molar-refractivity contribution in [3.8, 4) is 0 Å². The van der Waals surface area contributed by atoms with E-state index in [1.165, 1.54) is 4.90 Å². The molecule has 2 heterocycles. The summed E-state index contributed by atoms with van der Waals surface area (Å²) in [6.45, 7) is 3.28. The summed E-state index contributed by atoms with van der Waals surface area (Å²) in [5.74, 6) is 0.578. The number of aryl methyl sites for hydroxylation is 2. The zero-order chi connectivity index (χ0) is 19.0. The first kappa shape index (κ1) is 17.8. The Balaban J connectivity index is 1.63. The van der Waals surface area contributed by atoms with Crippen molar-refractivity contribution in [3.05, 3.63) is 60.2 Å². The van der Waals surface area contributed by atoms with Crippen molar-refractivity contribution >= 4 is 34.3 Å². The Bertz CT molecular complexity index is 1020. The average molecular weight is 380 g/mol. The summed E-state index contributed by atoms with van der Waals surface area (Å²) < 4.78 is 4.03. The first-order valence-electron chi connectivity index (χ1n) is 9.16. The number of imidazole rings is 1. The van der Waals surface area contributed by atoms with Gasteiger partial charge in [0.05, 0.1) is 13.6 Å². The number of amides is 2. The summed E-state index contributed by atoms with van der Waals surface area (Å²) >= 11 is 1.73. The molecule has 0 aliphatic carbocycles. The van der Waals surface area contributed by atoms with Crippen molar-refractivity contribution in [2.75, 3.05) is 12.3 Å². The van der Waals surface area contributed by atoms with Gasteiger partial charge in [0.15, 0.2) is 0 Å². The van der Waals surface area contributed by atoms with Gasteiger partial charge in [-0.05, 0) is 29.3 Å². The van der Waals surface area contributed by atoms with Crippen molar-refractivity contribution in [2.45, 2.75) is 24.8 Å². The van der Waals surface area contributed by atoms with E-state index in [9.17, 15) is 9.59 Å². The van der Waals surface area contributed by atoms with E-state index in [-0.39, 0.29) is 11.8 Å². The van der Waals surface area contributed by atoms with Crippen LogP contribution in [0.4, 0.5) is 0 Å². The fourth-order valence-electron chi connectivity index (χ4n) is 3.65. The van der Waals surface area contributed by atoms with Crippen LogP contribution < -0.4 is 4.57 Å². The lowest BCUT2D eigenvalue weighted by Gasteiger charge is -2.27. The molecule has 0 fully saturated rings. The highest BCUT2D eigenvalue weighted by Crippen LogP contribution is 2.36. The van der Waals surface area contributed by atoms with Crippen molar-refractivity contribution in [2.24, 2.45) is 7.05 Å². The number of aromatic nitrogens is 2. The Morgan fingerprint density at radius 2 is 1.81 bits per heavy atom. The number of thioether (sulfide) groups is 1. The predicted octanol–water partition coefficient (Wildman–Crippen LogP) is 3.26. The molecule has 0 radical (unpaired) electrons. The minimum absolute atomic E-state index is 0.185. The third-order valence-electron chi connectivity index (χ3n) is 4.87. The number of carbonyl (C=O) groups is 2. The third-order valence-corrected chi connectivity index (χ3v) is 5.83. The summed E-state index contributed by atoms with van der Waals surface area (Å²) in [6, 6.07) is 9.62. The topological polar surface area (TPSA) is 46.2 Å². The standard InChI is InChI=1S/C21H22N3O2S/c1-3-27-18-9-8-17-19-15(18)6-4-7-16(19)20(25)24(21(17)26)11-5-10-23-13-12-22(2)14-23/h4,6-9,12-14H,3,5,10-11H2,1-2H3/q+1. The Kier molecular flexibility index (Phi) is 4.74. The van der Waals surface area contributed by atoms with Crippen LogP contribution >= 0.6 is 11.8 Å². The van der Waals surface area contributed by atoms with Crippen molar-refractivity contribution < 1.29 is 14.2 Å². The lowest BCUT2D eigenvalue weighted by atomic mass is 9.94. The van der Waals surface area contributed by atoms with Gasteiger partial charge in [0, 0.05) is 34.4 Å². The lowest BCUT2D eigenvalue weighted by Crippen LogP contribution is -2.41. The number of rotatable bonds is 6. The van der Waals surface area contributed by atoms with Crippen LogP contribution in [0.1, 0.15) is 34.1 Å². The van der Waals surface area contributed by atoms with Gasteiger partial charge in [-0.15, -0.1) is 11.8 Å². The van der Waals surface area contributed by atoms with Crippen LogP contribution in [0.5, 0.6) is 0 Å². The molecular weight excluding hydrogens is 358 g/mol. The lowest BCUT2D eigenvalue weighted by molar-refractivity contribution is -0.671.